The van der Waals surface area contributed by atoms with Crippen molar-refractivity contribution < 1.29 is 14.3 Å². The highest BCUT2D eigenvalue weighted by atomic mass is 16.5. The summed E-state index contributed by atoms with van der Waals surface area (Å²) in [7, 11) is 0. The Bertz CT molecular complexity index is 272. The molecule has 104 valence electrons. The van der Waals surface area contributed by atoms with Crippen molar-refractivity contribution in [1.82, 2.24) is 16.0 Å². The van der Waals surface area contributed by atoms with Gasteiger partial charge in [-0.25, -0.2) is 0 Å². The number of nitrogens with one attached hydrogen (secondary N) is 3. The molecule has 6 heteroatoms. The second-order valence-corrected chi connectivity index (χ2v) is 4.85. The van der Waals surface area contributed by atoms with Crippen LogP contribution in [0.15, 0.2) is 0 Å². The van der Waals surface area contributed by atoms with Gasteiger partial charge in [0.25, 0.3) is 0 Å². The zero-order valence-electron chi connectivity index (χ0n) is 11.1. The van der Waals surface area contributed by atoms with Gasteiger partial charge in [-0.15, -0.1) is 0 Å². The van der Waals surface area contributed by atoms with E-state index in [4.69, 9.17) is 4.74 Å². The van der Waals surface area contributed by atoms with Gasteiger partial charge in [0.2, 0.25) is 11.8 Å². The average molecular weight is 257 g/mol. The zero-order valence-corrected chi connectivity index (χ0v) is 11.1. The summed E-state index contributed by atoms with van der Waals surface area (Å²) in [5.41, 5.74) is 0. The van der Waals surface area contributed by atoms with E-state index in [2.05, 4.69) is 29.8 Å². The monoisotopic (exact) mass is 257 g/mol. The SMILES string of the molecule is CC(C)COCCCNC(=O)C1CNC(=O)CN1. The third-order valence-corrected chi connectivity index (χ3v) is 2.54. The van der Waals surface area contributed by atoms with Crippen molar-refractivity contribution in [1.29, 1.82) is 0 Å². The fourth-order valence-corrected chi connectivity index (χ4v) is 1.58. The van der Waals surface area contributed by atoms with Crippen LogP contribution < -0.4 is 16.0 Å². The Labute approximate surface area is 108 Å². The molecule has 0 spiro atoms. The summed E-state index contributed by atoms with van der Waals surface area (Å²) in [5.74, 6) is 0.398. The average Bonchev–Trinajstić information content (AvgIpc) is 2.34. The van der Waals surface area contributed by atoms with E-state index in [1.807, 2.05) is 0 Å². The van der Waals surface area contributed by atoms with E-state index in [1.165, 1.54) is 0 Å². The summed E-state index contributed by atoms with van der Waals surface area (Å²) in [6.07, 6.45) is 0.803. The van der Waals surface area contributed by atoms with E-state index in [1.54, 1.807) is 0 Å². The Morgan fingerprint density at radius 1 is 1.56 bits per heavy atom. The lowest BCUT2D eigenvalue weighted by Crippen LogP contribution is -2.58. The summed E-state index contributed by atoms with van der Waals surface area (Å²) in [5, 5.41) is 8.35. The number of hydrogen-bond donors (Lipinski definition) is 3. The molecule has 3 N–H and O–H groups in total. The van der Waals surface area contributed by atoms with Crippen LogP contribution in [0.5, 0.6) is 0 Å². The number of piperazine rings is 1. The molecule has 1 rings (SSSR count). The highest BCUT2D eigenvalue weighted by Crippen LogP contribution is 1.93. The molecule has 0 saturated carbocycles. The fraction of sp³-hybridized carbons (Fsp3) is 0.833. The van der Waals surface area contributed by atoms with Crippen LogP contribution in [0.3, 0.4) is 0 Å². The van der Waals surface area contributed by atoms with Gasteiger partial charge in [-0.3, -0.25) is 14.9 Å². The molecule has 0 bridgehead atoms. The first-order valence-electron chi connectivity index (χ1n) is 6.45. The van der Waals surface area contributed by atoms with E-state index in [9.17, 15) is 9.59 Å². The van der Waals surface area contributed by atoms with Gasteiger partial charge in [-0.1, -0.05) is 13.8 Å². The first-order valence-corrected chi connectivity index (χ1v) is 6.45. The summed E-state index contributed by atoms with van der Waals surface area (Å²) in [6.45, 7) is 6.78. The topological polar surface area (TPSA) is 79.5 Å². The predicted molar refractivity (Wildman–Crippen MR) is 68.1 cm³/mol. The number of hydrogen-bond acceptors (Lipinski definition) is 4. The maximum absolute atomic E-state index is 11.7. The molecule has 2 amide bonds. The highest BCUT2D eigenvalue weighted by molar-refractivity contribution is 5.86. The third-order valence-electron chi connectivity index (χ3n) is 2.54. The molecular formula is C12H23N3O3. The number of rotatable bonds is 7. The van der Waals surface area contributed by atoms with Crippen molar-refractivity contribution >= 4 is 11.8 Å². The fourth-order valence-electron chi connectivity index (χ4n) is 1.58. The molecule has 1 aliphatic heterocycles. The molecule has 1 saturated heterocycles. The maximum atomic E-state index is 11.7. The second kappa shape index (κ2) is 8.05. The van der Waals surface area contributed by atoms with Crippen LogP contribution in [-0.2, 0) is 14.3 Å². The van der Waals surface area contributed by atoms with Gasteiger partial charge in [0.15, 0.2) is 0 Å². The van der Waals surface area contributed by atoms with Gasteiger partial charge in [0, 0.05) is 26.3 Å². The molecule has 1 atom stereocenters. The normalized spacial score (nSPS) is 19.7. The largest absolute Gasteiger partial charge is 0.381 e. The summed E-state index contributed by atoms with van der Waals surface area (Å²) < 4.78 is 5.41. The minimum Gasteiger partial charge on any atom is -0.381 e. The second-order valence-electron chi connectivity index (χ2n) is 4.85. The van der Waals surface area contributed by atoms with Crippen LogP contribution >= 0.6 is 0 Å². The van der Waals surface area contributed by atoms with Crippen molar-refractivity contribution in [2.45, 2.75) is 26.3 Å². The Morgan fingerprint density at radius 3 is 2.94 bits per heavy atom. The van der Waals surface area contributed by atoms with Crippen LogP contribution in [0.4, 0.5) is 0 Å². The van der Waals surface area contributed by atoms with Crippen LogP contribution in [-0.4, -0.2) is 50.7 Å². The predicted octanol–water partition coefficient (Wildman–Crippen LogP) is -0.747. The molecule has 6 nitrogen and oxygen atoms in total. The summed E-state index contributed by atoms with van der Waals surface area (Å²) >= 11 is 0. The number of carbonyl (C=O) groups is 2. The molecule has 0 aromatic heterocycles. The Hall–Kier alpha value is -1.14. The minimum absolute atomic E-state index is 0.0684. The van der Waals surface area contributed by atoms with E-state index in [-0.39, 0.29) is 24.4 Å². The van der Waals surface area contributed by atoms with Crippen LogP contribution in [0.2, 0.25) is 0 Å². The van der Waals surface area contributed by atoms with E-state index in [0.29, 0.717) is 25.6 Å². The van der Waals surface area contributed by atoms with E-state index in [0.717, 1.165) is 13.0 Å². The molecule has 0 aromatic rings. The van der Waals surface area contributed by atoms with Crippen LogP contribution in [0, 0.1) is 5.92 Å². The standard InChI is InChI=1S/C12H23N3O3/c1-9(2)8-18-5-3-4-13-12(17)10-6-15-11(16)7-14-10/h9-10,14H,3-8H2,1-2H3,(H,13,17)(H,15,16). The van der Waals surface area contributed by atoms with E-state index < -0.39 is 0 Å². The summed E-state index contributed by atoms with van der Waals surface area (Å²) in [6, 6.07) is -0.320. The van der Waals surface area contributed by atoms with Crippen molar-refractivity contribution in [3.8, 4) is 0 Å². The zero-order chi connectivity index (χ0) is 13.4. The Balaban J connectivity index is 2.01. The van der Waals surface area contributed by atoms with Crippen molar-refractivity contribution in [3.63, 3.8) is 0 Å². The smallest absolute Gasteiger partial charge is 0.238 e. The first-order chi connectivity index (χ1) is 8.59. The van der Waals surface area contributed by atoms with Crippen LogP contribution in [0.1, 0.15) is 20.3 Å². The number of carbonyl (C=O) groups excluding carboxylic acids is 2. The van der Waals surface area contributed by atoms with Gasteiger partial charge in [-0.05, 0) is 12.3 Å². The number of ether oxygens (including phenoxy) is 1. The van der Waals surface area contributed by atoms with Gasteiger partial charge >= 0.3 is 0 Å². The third kappa shape index (κ3) is 5.97. The molecule has 0 aromatic carbocycles. The van der Waals surface area contributed by atoms with Crippen molar-refractivity contribution in [2.75, 3.05) is 32.8 Å². The Kier molecular flexibility index (Phi) is 6.67. The van der Waals surface area contributed by atoms with Gasteiger partial charge < -0.3 is 15.4 Å². The molecule has 1 fully saturated rings. The van der Waals surface area contributed by atoms with Crippen LogP contribution in [0.25, 0.3) is 0 Å². The molecule has 1 unspecified atom stereocenters. The first kappa shape index (κ1) is 14.9. The van der Waals surface area contributed by atoms with Crippen molar-refractivity contribution in [3.05, 3.63) is 0 Å². The molecular weight excluding hydrogens is 234 g/mol. The summed E-state index contributed by atoms with van der Waals surface area (Å²) in [4.78, 5) is 22.6. The molecule has 0 aliphatic carbocycles. The van der Waals surface area contributed by atoms with Gasteiger partial charge in [-0.2, -0.15) is 0 Å². The van der Waals surface area contributed by atoms with E-state index >= 15 is 0 Å². The molecule has 0 radical (unpaired) electrons. The molecule has 18 heavy (non-hydrogen) atoms. The minimum atomic E-state index is -0.320. The lowest BCUT2D eigenvalue weighted by Gasteiger charge is -2.23. The van der Waals surface area contributed by atoms with Gasteiger partial charge in [0.05, 0.1) is 6.54 Å². The highest BCUT2D eigenvalue weighted by Gasteiger charge is 2.22. The van der Waals surface area contributed by atoms with Crippen molar-refractivity contribution in [2.24, 2.45) is 5.92 Å². The quantitative estimate of drug-likeness (QED) is 0.525. The maximum Gasteiger partial charge on any atom is 0.238 e. The Morgan fingerprint density at radius 2 is 2.33 bits per heavy atom. The van der Waals surface area contributed by atoms with Gasteiger partial charge in [0.1, 0.15) is 6.04 Å². The molecule has 1 heterocycles. The molecule has 1 aliphatic rings. The number of amides is 2. The lowest BCUT2D eigenvalue weighted by atomic mass is 10.2. The lowest BCUT2D eigenvalue weighted by molar-refractivity contribution is -0.126.